The molecule has 0 aliphatic heterocycles. The Balaban J connectivity index is 2.38. The molecule has 1 atom stereocenters. The van der Waals surface area contributed by atoms with Crippen molar-refractivity contribution in [2.45, 2.75) is 25.9 Å². The lowest BCUT2D eigenvalue weighted by Gasteiger charge is -2.18. The van der Waals surface area contributed by atoms with Crippen molar-refractivity contribution in [3.63, 3.8) is 0 Å². The SMILES string of the molecule is CCCn1ncc(Br)c1C(N)c1cccc(N(C)C)c1. The molecule has 0 aliphatic rings. The highest BCUT2D eigenvalue weighted by Crippen LogP contribution is 2.28. The van der Waals surface area contributed by atoms with Gasteiger partial charge in [-0.15, -0.1) is 0 Å². The van der Waals surface area contributed by atoms with E-state index in [9.17, 15) is 0 Å². The van der Waals surface area contributed by atoms with Gasteiger partial charge in [0.15, 0.2) is 0 Å². The van der Waals surface area contributed by atoms with Crippen molar-refractivity contribution >= 4 is 21.6 Å². The second kappa shape index (κ2) is 6.41. The molecule has 0 saturated heterocycles. The van der Waals surface area contributed by atoms with Gasteiger partial charge in [-0.05, 0) is 40.0 Å². The van der Waals surface area contributed by atoms with Crippen LogP contribution in [-0.4, -0.2) is 23.9 Å². The lowest BCUT2D eigenvalue weighted by Crippen LogP contribution is -2.19. The summed E-state index contributed by atoms with van der Waals surface area (Å²) in [5, 5.41) is 4.39. The number of nitrogens with zero attached hydrogens (tertiary/aromatic N) is 3. The Hall–Kier alpha value is -1.33. The maximum absolute atomic E-state index is 6.45. The molecule has 1 aromatic carbocycles. The number of halogens is 1. The van der Waals surface area contributed by atoms with Crippen molar-refractivity contribution < 1.29 is 0 Å². The van der Waals surface area contributed by atoms with Crippen LogP contribution in [0.15, 0.2) is 34.9 Å². The third-order valence-corrected chi connectivity index (χ3v) is 3.92. The standard InChI is InChI=1S/C15H21BrN4/c1-4-8-20-15(13(16)10-18-20)14(17)11-6-5-7-12(9-11)19(2)3/h5-7,9-10,14H,4,8,17H2,1-3H3. The largest absolute Gasteiger partial charge is 0.378 e. The third kappa shape index (κ3) is 3.04. The Bertz CT molecular complexity index is 577. The molecule has 1 heterocycles. The van der Waals surface area contributed by atoms with Crippen LogP contribution in [0.2, 0.25) is 0 Å². The van der Waals surface area contributed by atoms with E-state index in [0.29, 0.717) is 0 Å². The molecular formula is C15H21BrN4. The molecule has 0 amide bonds. The predicted molar refractivity (Wildman–Crippen MR) is 87.0 cm³/mol. The number of nitrogens with two attached hydrogens (primary N) is 1. The number of aryl methyl sites for hydroxylation is 1. The van der Waals surface area contributed by atoms with Crippen molar-refractivity contribution in [2.24, 2.45) is 5.73 Å². The summed E-state index contributed by atoms with van der Waals surface area (Å²) in [6, 6.07) is 8.12. The molecule has 108 valence electrons. The minimum atomic E-state index is -0.182. The molecule has 0 fully saturated rings. The van der Waals surface area contributed by atoms with Gasteiger partial charge in [0.25, 0.3) is 0 Å². The summed E-state index contributed by atoms with van der Waals surface area (Å²) in [4.78, 5) is 2.08. The van der Waals surface area contributed by atoms with Gasteiger partial charge in [0.05, 0.1) is 22.4 Å². The molecule has 0 saturated carbocycles. The van der Waals surface area contributed by atoms with Crippen LogP contribution in [0.4, 0.5) is 5.69 Å². The fourth-order valence-electron chi connectivity index (χ4n) is 2.23. The van der Waals surface area contributed by atoms with Crippen LogP contribution in [0, 0.1) is 0 Å². The first-order chi connectivity index (χ1) is 9.54. The molecule has 1 aromatic heterocycles. The molecular weight excluding hydrogens is 316 g/mol. The van der Waals surface area contributed by atoms with Crippen molar-refractivity contribution in [1.29, 1.82) is 0 Å². The second-order valence-electron chi connectivity index (χ2n) is 5.07. The van der Waals surface area contributed by atoms with E-state index >= 15 is 0 Å². The molecule has 2 rings (SSSR count). The van der Waals surface area contributed by atoms with Crippen molar-refractivity contribution in [1.82, 2.24) is 9.78 Å². The zero-order chi connectivity index (χ0) is 14.7. The maximum Gasteiger partial charge on any atom is 0.0738 e. The summed E-state index contributed by atoms with van der Waals surface area (Å²) in [6.45, 7) is 3.01. The molecule has 0 radical (unpaired) electrons. The van der Waals surface area contributed by atoms with Crippen molar-refractivity contribution in [3.05, 3.63) is 46.2 Å². The monoisotopic (exact) mass is 336 g/mol. The number of aromatic nitrogens is 2. The van der Waals surface area contributed by atoms with E-state index < -0.39 is 0 Å². The van der Waals surface area contributed by atoms with E-state index in [0.717, 1.165) is 34.4 Å². The predicted octanol–water partition coefficient (Wildman–Crippen LogP) is 3.17. The highest BCUT2D eigenvalue weighted by molar-refractivity contribution is 9.10. The Morgan fingerprint density at radius 1 is 1.40 bits per heavy atom. The summed E-state index contributed by atoms with van der Waals surface area (Å²) in [6.07, 6.45) is 2.85. The Labute approximate surface area is 128 Å². The second-order valence-corrected chi connectivity index (χ2v) is 5.92. The van der Waals surface area contributed by atoms with Gasteiger partial charge in [-0.1, -0.05) is 19.1 Å². The van der Waals surface area contributed by atoms with Gasteiger partial charge in [0.1, 0.15) is 0 Å². The number of rotatable bonds is 5. The van der Waals surface area contributed by atoms with Crippen molar-refractivity contribution in [3.8, 4) is 0 Å². The fourth-order valence-corrected chi connectivity index (χ4v) is 2.77. The van der Waals surface area contributed by atoms with E-state index in [1.165, 1.54) is 0 Å². The van der Waals surface area contributed by atoms with E-state index in [4.69, 9.17) is 5.73 Å². The zero-order valence-corrected chi connectivity index (χ0v) is 13.8. The van der Waals surface area contributed by atoms with Gasteiger partial charge in [-0.25, -0.2) is 0 Å². The molecule has 0 spiro atoms. The molecule has 0 aliphatic carbocycles. The topological polar surface area (TPSA) is 47.1 Å². The maximum atomic E-state index is 6.45. The van der Waals surface area contributed by atoms with E-state index in [2.05, 4.69) is 51.1 Å². The number of benzene rings is 1. The van der Waals surface area contributed by atoms with Crippen molar-refractivity contribution in [2.75, 3.05) is 19.0 Å². The molecule has 5 heteroatoms. The van der Waals surface area contributed by atoms with E-state index in [-0.39, 0.29) is 6.04 Å². The molecule has 20 heavy (non-hydrogen) atoms. The smallest absolute Gasteiger partial charge is 0.0738 e. The number of hydrogen-bond acceptors (Lipinski definition) is 3. The zero-order valence-electron chi connectivity index (χ0n) is 12.2. The van der Waals surface area contributed by atoms with Gasteiger partial charge in [0, 0.05) is 26.3 Å². The molecule has 2 aromatic rings. The summed E-state index contributed by atoms with van der Waals surface area (Å²) >= 11 is 3.56. The summed E-state index contributed by atoms with van der Waals surface area (Å²) in [7, 11) is 4.06. The third-order valence-electron chi connectivity index (χ3n) is 3.31. The fraction of sp³-hybridized carbons (Fsp3) is 0.400. The molecule has 0 bridgehead atoms. The van der Waals surface area contributed by atoms with Crippen LogP contribution in [0.25, 0.3) is 0 Å². The van der Waals surface area contributed by atoms with Gasteiger partial charge < -0.3 is 10.6 Å². The Morgan fingerprint density at radius 2 is 2.15 bits per heavy atom. The first kappa shape index (κ1) is 15.1. The number of hydrogen-bond donors (Lipinski definition) is 1. The average molecular weight is 337 g/mol. The summed E-state index contributed by atoms with van der Waals surface area (Å²) in [5.41, 5.74) is 9.72. The first-order valence-electron chi connectivity index (χ1n) is 6.78. The molecule has 2 N–H and O–H groups in total. The van der Waals surface area contributed by atoms with Gasteiger partial charge in [-0.2, -0.15) is 5.10 Å². The normalized spacial score (nSPS) is 12.4. The molecule has 4 nitrogen and oxygen atoms in total. The Morgan fingerprint density at radius 3 is 2.80 bits per heavy atom. The highest BCUT2D eigenvalue weighted by atomic mass is 79.9. The minimum absolute atomic E-state index is 0.182. The lowest BCUT2D eigenvalue weighted by molar-refractivity contribution is 0.559. The highest BCUT2D eigenvalue weighted by Gasteiger charge is 2.18. The summed E-state index contributed by atoms with van der Waals surface area (Å²) < 4.78 is 2.95. The van der Waals surface area contributed by atoms with Crippen LogP contribution in [0.5, 0.6) is 0 Å². The van der Waals surface area contributed by atoms with Gasteiger partial charge in [0.2, 0.25) is 0 Å². The Kier molecular flexibility index (Phi) is 4.83. The molecule has 1 unspecified atom stereocenters. The van der Waals surface area contributed by atoms with Crippen LogP contribution >= 0.6 is 15.9 Å². The minimum Gasteiger partial charge on any atom is -0.378 e. The average Bonchev–Trinajstić information content (AvgIpc) is 2.79. The summed E-state index contributed by atoms with van der Waals surface area (Å²) in [5.74, 6) is 0. The first-order valence-corrected chi connectivity index (χ1v) is 7.58. The van der Waals surface area contributed by atoms with Gasteiger partial charge >= 0.3 is 0 Å². The van der Waals surface area contributed by atoms with Crippen LogP contribution in [-0.2, 0) is 6.54 Å². The van der Waals surface area contributed by atoms with Gasteiger partial charge in [-0.3, -0.25) is 4.68 Å². The van der Waals surface area contributed by atoms with Crippen LogP contribution < -0.4 is 10.6 Å². The van der Waals surface area contributed by atoms with Crippen LogP contribution in [0.3, 0.4) is 0 Å². The number of anilines is 1. The van der Waals surface area contributed by atoms with Crippen LogP contribution in [0.1, 0.15) is 30.6 Å². The lowest BCUT2D eigenvalue weighted by atomic mass is 10.0. The van der Waals surface area contributed by atoms with E-state index in [1.807, 2.05) is 31.0 Å². The quantitative estimate of drug-likeness (QED) is 0.912. The van der Waals surface area contributed by atoms with E-state index in [1.54, 1.807) is 0 Å².